The van der Waals surface area contributed by atoms with Crippen LogP contribution in [0.25, 0.3) is 10.9 Å². The van der Waals surface area contributed by atoms with Crippen molar-refractivity contribution in [2.45, 2.75) is 90.9 Å². The third-order valence-corrected chi connectivity index (χ3v) is 8.96. The fourth-order valence-corrected chi connectivity index (χ4v) is 6.37. The van der Waals surface area contributed by atoms with E-state index in [-0.39, 0.29) is 49.1 Å². The molecule has 13 nitrogen and oxygen atoms in total. The van der Waals surface area contributed by atoms with Crippen LogP contribution in [-0.2, 0) is 32.0 Å². The van der Waals surface area contributed by atoms with E-state index >= 15 is 0 Å². The molecule has 0 aliphatic heterocycles. The molecule has 13 heteroatoms. The minimum Gasteiger partial charge on any atom is -0.370 e. The van der Waals surface area contributed by atoms with Crippen molar-refractivity contribution in [2.24, 2.45) is 27.8 Å². The molecule has 4 atom stereocenters. The normalized spacial score (nSPS) is 14.8. The number of nitrogens with zero attached hydrogens (tertiary/aromatic N) is 1. The molecule has 10 N–H and O–H groups in total. The zero-order valence-electron chi connectivity index (χ0n) is 32.0. The molecule has 1 heterocycles. The number of carbonyl (C=O) groups is 4. The summed E-state index contributed by atoms with van der Waals surface area (Å²) in [6.45, 7) is 10.5. The van der Waals surface area contributed by atoms with Gasteiger partial charge >= 0.3 is 0 Å². The number of benzene rings is 2. The highest BCUT2D eigenvalue weighted by atomic mass is 16.2. The number of fused-ring (bicyclic) bond motifs is 1. The van der Waals surface area contributed by atoms with E-state index < -0.39 is 35.4 Å². The predicted octanol–water partition coefficient (Wildman–Crippen LogP) is 2.81. The number of amides is 4. The number of hydrogen-bond donors (Lipinski definition) is 8. The van der Waals surface area contributed by atoms with Gasteiger partial charge in [0.15, 0.2) is 5.96 Å². The van der Waals surface area contributed by atoms with Crippen LogP contribution in [0, 0.1) is 11.3 Å². The summed E-state index contributed by atoms with van der Waals surface area (Å²) in [6.07, 6.45) is 7.30. The van der Waals surface area contributed by atoms with E-state index in [0.29, 0.717) is 25.8 Å². The molecule has 288 valence electrons. The van der Waals surface area contributed by atoms with E-state index in [1.165, 1.54) is 0 Å². The Morgan fingerprint density at radius 2 is 1.57 bits per heavy atom. The van der Waals surface area contributed by atoms with E-state index in [9.17, 15) is 19.2 Å². The first kappa shape index (κ1) is 42.2. The topological polar surface area (TPSA) is 209 Å². The largest absolute Gasteiger partial charge is 0.370 e. The molecule has 0 aliphatic rings. The highest BCUT2D eigenvalue weighted by molar-refractivity contribution is 5.94. The molecular weight excluding hydrogens is 670 g/mol. The Bertz CT molecular complexity index is 1700. The number of H-pyrrole nitrogens is 1. The van der Waals surface area contributed by atoms with Gasteiger partial charge in [-0.25, -0.2) is 0 Å². The maximum atomic E-state index is 14.1. The van der Waals surface area contributed by atoms with Crippen LogP contribution < -0.4 is 38.1 Å². The van der Waals surface area contributed by atoms with Crippen LogP contribution in [0.4, 0.5) is 0 Å². The van der Waals surface area contributed by atoms with E-state index in [4.69, 9.17) is 11.5 Å². The first-order chi connectivity index (χ1) is 25.2. The number of nitrogens with one attached hydrogen (secondary N) is 6. The lowest BCUT2D eigenvalue weighted by Crippen LogP contribution is -2.55. The Kier molecular flexibility index (Phi) is 16.5. The monoisotopic (exact) mass is 729 g/mol. The first-order valence-electron chi connectivity index (χ1n) is 18.4. The quantitative estimate of drug-likeness (QED) is 0.0356. The van der Waals surface area contributed by atoms with E-state index in [0.717, 1.165) is 22.0 Å². The van der Waals surface area contributed by atoms with Gasteiger partial charge in [-0.05, 0) is 55.7 Å². The van der Waals surface area contributed by atoms with Crippen molar-refractivity contribution in [3.05, 3.63) is 84.1 Å². The van der Waals surface area contributed by atoms with Gasteiger partial charge in [0.1, 0.15) is 12.1 Å². The van der Waals surface area contributed by atoms with Crippen molar-refractivity contribution in [1.29, 1.82) is 0 Å². The van der Waals surface area contributed by atoms with Gasteiger partial charge in [0.2, 0.25) is 23.6 Å². The molecule has 0 saturated carbocycles. The fraction of sp³-hybridized carbons (Fsp3) is 0.475. The maximum absolute atomic E-state index is 14.1. The number of primary amides is 1. The summed E-state index contributed by atoms with van der Waals surface area (Å²) in [5.41, 5.74) is 13.3. The third kappa shape index (κ3) is 13.7. The van der Waals surface area contributed by atoms with E-state index in [1.54, 1.807) is 25.4 Å². The van der Waals surface area contributed by atoms with Crippen molar-refractivity contribution < 1.29 is 19.2 Å². The van der Waals surface area contributed by atoms with Crippen LogP contribution in [0.2, 0.25) is 0 Å². The molecule has 0 fully saturated rings. The minimum atomic E-state index is -1.01. The number of para-hydroxylation sites is 1. The number of guanidine groups is 1. The first-order valence-corrected chi connectivity index (χ1v) is 18.4. The van der Waals surface area contributed by atoms with Crippen molar-refractivity contribution >= 4 is 40.5 Å². The van der Waals surface area contributed by atoms with Crippen LogP contribution in [0.1, 0.15) is 65.0 Å². The van der Waals surface area contributed by atoms with Crippen LogP contribution in [0.15, 0.2) is 77.9 Å². The van der Waals surface area contributed by atoms with E-state index in [2.05, 4.69) is 36.6 Å². The Morgan fingerprint density at radius 1 is 0.868 bits per heavy atom. The standard InChI is InChI=1S/C40H59N9O4/c1-26(2)24-40(5,19-13-21-44-36(51)34(47-27(3)4)22-28-14-8-7-9-15-28)38(53)49-32(18-12-20-45-39(42)43-6)37(52)48-33(35(41)50)23-29-25-46-31-17-11-10-16-30(29)31/h7-11,13-17,19,25-27,32-34,46-47H,12,18,20-24H2,1-6H3,(H2,41,50)(H,44,51)(H,48,52)(H,49,53)(H3,42,43,45)/b19-13+/t32-,33?,34?,40+/m0/s1. The van der Waals surface area contributed by atoms with Crippen molar-refractivity contribution in [1.82, 2.24) is 31.6 Å². The fourth-order valence-electron chi connectivity index (χ4n) is 6.37. The number of hydrogen-bond acceptors (Lipinski definition) is 6. The molecule has 53 heavy (non-hydrogen) atoms. The number of nitrogens with two attached hydrogens (primary N) is 2. The van der Waals surface area contributed by atoms with Gasteiger partial charge in [0.05, 0.1) is 11.5 Å². The van der Waals surface area contributed by atoms with Crippen molar-refractivity contribution in [2.75, 3.05) is 20.1 Å². The van der Waals surface area contributed by atoms with Gasteiger partial charge in [0, 0.05) is 49.7 Å². The molecule has 0 aliphatic carbocycles. The summed E-state index contributed by atoms with van der Waals surface area (Å²) in [7, 11) is 1.57. The number of aliphatic imine (C=N–C) groups is 1. The highest BCUT2D eigenvalue weighted by Gasteiger charge is 2.35. The maximum Gasteiger partial charge on any atom is 0.243 e. The molecule has 0 saturated heterocycles. The number of aromatic amines is 1. The van der Waals surface area contributed by atoms with Crippen molar-refractivity contribution in [3.8, 4) is 0 Å². The van der Waals surface area contributed by atoms with Gasteiger partial charge in [-0.2, -0.15) is 0 Å². The second kappa shape index (κ2) is 20.8. The molecular formula is C40H59N9O4. The number of rotatable bonds is 21. The lowest BCUT2D eigenvalue weighted by molar-refractivity contribution is -0.134. The Labute approximate surface area is 313 Å². The number of carbonyl (C=O) groups excluding carboxylic acids is 4. The predicted molar refractivity (Wildman–Crippen MR) is 212 cm³/mol. The summed E-state index contributed by atoms with van der Waals surface area (Å²) < 4.78 is 0. The second-order valence-corrected chi connectivity index (χ2v) is 14.5. The Balaban J connectivity index is 1.75. The van der Waals surface area contributed by atoms with Crippen LogP contribution in [0.3, 0.4) is 0 Å². The average molecular weight is 730 g/mol. The second-order valence-electron chi connectivity index (χ2n) is 14.5. The zero-order chi connectivity index (χ0) is 39.0. The van der Waals surface area contributed by atoms with Crippen molar-refractivity contribution in [3.63, 3.8) is 0 Å². The molecule has 2 aromatic carbocycles. The SMILES string of the molecule is CN=C(N)NCCC[C@H](NC(=O)[C@](C)(/C=C/CNC(=O)C(Cc1ccccc1)NC(C)C)CC(C)C)C(=O)NC(Cc1c[nH]c2ccccc12)C(N)=O. The van der Waals surface area contributed by atoms with Gasteiger partial charge in [-0.1, -0.05) is 88.4 Å². The molecule has 0 spiro atoms. The van der Waals surface area contributed by atoms with Gasteiger partial charge in [-0.15, -0.1) is 0 Å². The summed E-state index contributed by atoms with van der Waals surface area (Å²) in [5.74, 6) is -1.31. The summed E-state index contributed by atoms with van der Waals surface area (Å²) in [6, 6.07) is 15.2. The summed E-state index contributed by atoms with van der Waals surface area (Å²) in [5, 5.41) is 16.0. The Morgan fingerprint density at radius 3 is 2.23 bits per heavy atom. The van der Waals surface area contributed by atoms with E-state index in [1.807, 2.05) is 89.2 Å². The minimum absolute atomic E-state index is 0.105. The van der Waals surface area contributed by atoms with Gasteiger partial charge < -0.3 is 43.0 Å². The van der Waals surface area contributed by atoms with Crippen LogP contribution >= 0.6 is 0 Å². The number of aromatic nitrogens is 1. The molecule has 0 radical (unpaired) electrons. The molecule has 3 rings (SSSR count). The third-order valence-electron chi connectivity index (χ3n) is 8.96. The highest BCUT2D eigenvalue weighted by Crippen LogP contribution is 2.29. The molecule has 3 aromatic rings. The Hall–Kier alpha value is -5.17. The molecule has 4 amide bonds. The summed E-state index contributed by atoms with van der Waals surface area (Å²) in [4.78, 5) is 60.9. The van der Waals surface area contributed by atoms with Crippen LogP contribution in [-0.4, -0.2) is 78.9 Å². The van der Waals surface area contributed by atoms with Crippen LogP contribution in [0.5, 0.6) is 0 Å². The molecule has 0 bridgehead atoms. The summed E-state index contributed by atoms with van der Waals surface area (Å²) >= 11 is 0. The molecule has 1 aromatic heterocycles. The zero-order valence-corrected chi connectivity index (χ0v) is 32.0. The average Bonchev–Trinajstić information content (AvgIpc) is 3.52. The lowest BCUT2D eigenvalue weighted by Gasteiger charge is -2.30. The smallest absolute Gasteiger partial charge is 0.243 e. The van der Waals surface area contributed by atoms with Gasteiger partial charge in [0.25, 0.3) is 0 Å². The van der Waals surface area contributed by atoms with Gasteiger partial charge in [-0.3, -0.25) is 24.2 Å². The molecule has 2 unspecified atom stereocenters. The lowest BCUT2D eigenvalue weighted by atomic mass is 9.80.